The van der Waals surface area contributed by atoms with Gasteiger partial charge in [0, 0.05) is 5.56 Å². The van der Waals surface area contributed by atoms with Gasteiger partial charge in [0.05, 0.1) is 22.8 Å². The van der Waals surface area contributed by atoms with E-state index in [0.717, 1.165) is 5.56 Å². The van der Waals surface area contributed by atoms with Crippen LogP contribution >= 0.6 is 22.9 Å². The molecule has 1 aromatic heterocycles. The SMILES string of the molecule is CCOc1ccc(-c2ncsc2C#N)cc1Cl. The molecule has 0 spiro atoms. The molecule has 2 aromatic rings. The Morgan fingerprint density at radius 2 is 2.35 bits per heavy atom. The van der Waals surface area contributed by atoms with Crippen molar-refractivity contribution in [3.8, 4) is 23.1 Å². The van der Waals surface area contributed by atoms with Gasteiger partial charge >= 0.3 is 0 Å². The fraction of sp³-hybridized carbons (Fsp3) is 0.167. The Labute approximate surface area is 108 Å². The maximum Gasteiger partial charge on any atom is 0.137 e. The van der Waals surface area contributed by atoms with Gasteiger partial charge in [-0.3, -0.25) is 0 Å². The van der Waals surface area contributed by atoms with Gasteiger partial charge in [-0.2, -0.15) is 5.26 Å². The normalized spacial score (nSPS) is 9.94. The maximum absolute atomic E-state index is 8.94. The highest BCUT2D eigenvalue weighted by molar-refractivity contribution is 7.10. The van der Waals surface area contributed by atoms with Crippen molar-refractivity contribution in [2.45, 2.75) is 6.92 Å². The fourth-order valence-corrected chi connectivity index (χ4v) is 2.29. The highest BCUT2D eigenvalue weighted by atomic mass is 35.5. The molecule has 0 saturated carbocycles. The summed E-state index contributed by atoms with van der Waals surface area (Å²) in [5.41, 5.74) is 3.15. The average molecular weight is 265 g/mol. The topological polar surface area (TPSA) is 45.9 Å². The van der Waals surface area contributed by atoms with Gasteiger partial charge in [0.2, 0.25) is 0 Å². The largest absolute Gasteiger partial charge is 0.492 e. The lowest BCUT2D eigenvalue weighted by Crippen LogP contribution is -1.92. The second-order valence-corrected chi connectivity index (χ2v) is 4.48. The minimum atomic E-state index is 0.529. The molecule has 0 aliphatic carbocycles. The van der Waals surface area contributed by atoms with Crippen molar-refractivity contribution in [1.29, 1.82) is 5.26 Å². The summed E-state index contributed by atoms with van der Waals surface area (Å²) >= 11 is 7.41. The molecular weight excluding hydrogens is 256 g/mol. The Morgan fingerprint density at radius 1 is 1.53 bits per heavy atom. The molecule has 1 aromatic carbocycles. The molecule has 1 heterocycles. The van der Waals surface area contributed by atoms with Gasteiger partial charge in [-0.1, -0.05) is 11.6 Å². The van der Waals surface area contributed by atoms with E-state index in [9.17, 15) is 0 Å². The lowest BCUT2D eigenvalue weighted by Gasteiger charge is -2.06. The first-order chi connectivity index (χ1) is 8.26. The number of rotatable bonds is 3. The smallest absolute Gasteiger partial charge is 0.137 e. The van der Waals surface area contributed by atoms with Gasteiger partial charge in [0.1, 0.15) is 16.7 Å². The second kappa shape index (κ2) is 5.17. The summed E-state index contributed by atoms with van der Waals surface area (Å²) in [5, 5.41) is 9.47. The van der Waals surface area contributed by atoms with Gasteiger partial charge in [-0.15, -0.1) is 11.3 Å². The van der Waals surface area contributed by atoms with Crippen molar-refractivity contribution in [1.82, 2.24) is 4.98 Å². The zero-order valence-corrected chi connectivity index (χ0v) is 10.7. The van der Waals surface area contributed by atoms with E-state index >= 15 is 0 Å². The summed E-state index contributed by atoms with van der Waals surface area (Å²) in [6.07, 6.45) is 0. The first-order valence-electron chi connectivity index (χ1n) is 5.02. The van der Waals surface area contributed by atoms with Crippen LogP contribution in [0.5, 0.6) is 5.75 Å². The second-order valence-electron chi connectivity index (χ2n) is 3.22. The maximum atomic E-state index is 8.94. The number of nitrogens with zero attached hydrogens (tertiary/aromatic N) is 2. The van der Waals surface area contributed by atoms with Crippen LogP contribution in [0, 0.1) is 11.3 Å². The van der Waals surface area contributed by atoms with Crippen LogP contribution in [0.15, 0.2) is 23.7 Å². The third-order valence-corrected chi connectivity index (χ3v) is 3.20. The molecule has 86 valence electrons. The van der Waals surface area contributed by atoms with E-state index in [1.807, 2.05) is 13.0 Å². The molecule has 0 radical (unpaired) electrons. The lowest BCUT2D eigenvalue weighted by atomic mass is 10.1. The van der Waals surface area contributed by atoms with Crippen LogP contribution in [0.3, 0.4) is 0 Å². The van der Waals surface area contributed by atoms with Crippen LogP contribution in [0.2, 0.25) is 5.02 Å². The first kappa shape index (κ1) is 11.9. The third-order valence-electron chi connectivity index (χ3n) is 2.17. The molecule has 2 rings (SSSR count). The fourth-order valence-electron chi connectivity index (χ4n) is 1.45. The number of hydrogen-bond donors (Lipinski definition) is 0. The van der Waals surface area contributed by atoms with Crippen LogP contribution in [0.4, 0.5) is 0 Å². The number of benzene rings is 1. The molecular formula is C12H9ClN2OS. The Kier molecular flexibility index (Phi) is 3.62. The predicted molar refractivity (Wildman–Crippen MR) is 68.4 cm³/mol. The Bertz CT molecular complexity index is 574. The van der Waals surface area contributed by atoms with Crippen molar-refractivity contribution in [2.75, 3.05) is 6.61 Å². The molecule has 5 heteroatoms. The molecule has 0 amide bonds. The number of ether oxygens (including phenoxy) is 1. The molecule has 0 bridgehead atoms. The van der Waals surface area contributed by atoms with Crippen LogP contribution in [-0.4, -0.2) is 11.6 Å². The molecule has 0 saturated heterocycles. The van der Waals surface area contributed by atoms with E-state index in [4.69, 9.17) is 21.6 Å². The highest BCUT2D eigenvalue weighted by Crippen LogP contribution is 2.32. The van der Waals surface area contributed by atoms with E-state index in [1.54, 1.807) is 17.6 Å². The quantitative estimate of drug-likeness (QED) is 0.848. The summed E-state index contributed by atoms with van der Waals surface area (Å²) in [6, 6.07) is 7.53. The Hall–Kier alpha value is -1.57. The van der Waals surface area contributed by atoms with Crippen molar-refractivity contribution in [2.24, 2.45) is 0 Å². The first-order valence-corrected chi connectivity index (χ1v) is 6.28. The molecule has 17 heavy (non-hydrogen) atoms. The van der Waals surface area contributed by atoms with E-state index in [-0.39, 0.29) is 0 Å². The van der Waals surface area contributed by atoms with Gasteiger partial charge in [-0.25, -0.2) is 4.98 Å². The lowest BCUT2D eigenvalue weighted by molar-refractivity contribution is 0.340. The van der Waals surface area contributed by atoms with Crippen LogP contribution < -0.4 is 4.74 Å². The monoisotopic (exact) mass is 264 g/mol. The number of nitriles is 1. The Morgan fingerprint density at radius 3 is 3.00 bits per heavy atom. The van der Waals surface area contributed by atoms with Gasteiger partial charge < -0.3 is 4.74 Å². The molecule has 0 N–H and O–H groups in total. The van der Waals surface area contributed by atoms with Crippen LogP contribution in [-0.2, 0) is 0 Å². The third kappa shape index (κ3) is 2.41. The van der Waals surface area contributed by atoms with Gasteiger partial charge in [0.15, 0.2) is 0 Å². The van der Waals surface area contributed by atoms with Crippen LogP contribution in [0.1, 0.15) is 11.8 Å². The van der Waals surface area contributed by atoms with Crippen molar-refractivity contribution in [3.63, 3.8) is 0 Å². The molecule has 0 aliphatic heterocycles. The van der Waals surface area contributed by atoms with Crippen molar-refractivity contribution < 1.29 is 4.74 Å². The summed E-state index contributed by atoms with van der Waals surface area (Å²) in [4.78, 5) is 4.76. The van der Waals surface area contributed by atoms with Crippen LogP contribution in [0.25, 0.3) is 11.3 Å². The zero-order chi connectivity index (χ0) is 12.3. The summed E-state index contributed by atoms with van der Waals surface area (Å²) in [6.45, 7) is 2.47. The highest BCUT2D eigenvalue weighted by Gasteiger charge is 2.10. The van der Waals surface area contributed by atoms with E-state index in [1.165, 1.54) is 11.3 Å². The predicted octanol–water partition coefficient (Wildman–Crippen LogP) is 3.73. The van der Waals surface area contributed by atoms with Gasteiger partial charge in [-0.05, 0) is 25.1 Å². The van der Waals surface area contributed by atoms with Crippen molar-refractivity contribution >= 4 is 22.9 Å². The molecule has 0 atom stereocenters. The molecule has 0 fully saturated rings. The summed E-state index contributed by atoms with van der Waals surface area (Å²) < 4.78 is 5.35. The van der Waals surface area contributed by atoms with Crippen molar-refractivity contribution in [3.05, 3.63) is 33.6 Å². The van der Waals surface area contributed by atoms with Gasteiger partial charge in [0.25, 0.3) is 0 Å². The van der Waals surface area contributed by atoms with E-state index in [2.05, 4.69) is 11.1 Å². The average Bonchev–Trinajstić information content (AvgIpc) is 2.80. The molecule has 0 unspecified atom stereocenters. The number of aromatic nitrogens is 1. The summed E-state index contributed by atoms with van der Waals surface area (Å²) in [5.74, 6) is 0.645. The minimum absolute atomic E-state index is 0.529. The zero-order valence-electron chi connectivity index (χ0n) is 9.11. The molecule has 0 aliphatic rings. The number of thiazole rings is 1. The Balaban J connectivity index is 2.42. The van der Waals surface area contributed by atoms with E-state index < -0.39 is 0 Å². The molecule has 3 nitrogen and oxygen atoms in total. The standard InChI is InChI=1S/C12H9ClN2OS/c1-2-16-10-4-3-8(5-9(10)13)12-11(6-14)17-7-15-12/h3-5,7H,2H2,1H3. The minimum Gasteiger partial charge on any atom is -0.492 e. The van der Waals surface area contributed by atoms with E-state index in [0.29, 0.717) is 28.0 Å². The number of hydrogen-bond acceptors (Lipinski definition) is 4. The number of halogens is 1. The summed E-state index contributed by atoms with van der Waals surface area (Å²) in [7, 11) is 0.